The molecule has 3 aromatic rings. The molecule has 0 aliphatic carbocycles. The van der Waals surface area contributed by atoms with E-state index in [-0.39, 0.29) is 15.6 Å². The van der Waals surface area contributed by atoms with E-state index in [9.17, 15) is 9.59 Å². The van der Waals surface area contributed by atoms with E-state index in [1.165, 1.54) is 21.1 Å². The minimum Gasteiger partial charge on any atom is -0.406 e. The summed E-state index contributed by atoms with van der Waals surface area (Å²) in [5.74, 6) is 0. The Morgan fingerprint density at radius 2 is 1.62 bits per heavy atom. The quantitative estimate of drug-likeness (QED) is 0.483. The molecule has 0 unspecified atom stereocenters. The van der Waals surface area contributed by atoms with Crippen molar-refractivity contribution in [1.29, 1.82) is 0 Å². The minimum absolute atomic E-state index is 0.0655. The zero-order chi connectivity index (χ0) is 24.5. The van der Waals surface area contributed by atoms with Crippen LogP contribution in [0, 0.1) is 0 Å². The fourth-order valence-electron chi connectivity index (χ4n) is 4.70. The molecule has 2 heterocycles. The van der Waals surface area contributed by atoms with Crippen LogP contribution in [0.1, 0.15) is 33.4 Å². The summed E-state index contributed by atoms with van der Waals surface area (Å²) in [7, 11) is -0.828. The monoisotopic (exact) mass is 543 g/mol. The van der Waals surface area contributed by atoms with Crippen molar-refractivity contribution in [2.24, 2.45) is 0 Å². The van der Waals surface area contributed by atoms with Crippen molar-refractivity contribution in [3.63, 3.8) is 0 Å². The van der Waals surface area contributed by atoms with Gasteiger partial charge in [0.2, 0.25) is 0 Å². The Labute approximate surface area is 208 Å². The number of benzene rings is 2. The summed E-state index contributed by atoms with van der Waals surface area (Å²) in [6.45, 7) is 7.18. The minimum atomic E-state index is -2.68. The second-order valence-electron chi connectivity index (χ2n) is 9.61. The van der Waals surface area contributed by atoms with Crippen LogP contribution in [0.25, 0.3) is 0 Å². The van der Waals surface area contributed by atoms with Gasteiger partial charge in [-0.2, -0.15) is 5.06 Å². The highest BCUT2D eigenvalue weighted by Gasteiger charge is 2.51. The summed E-state index contributed by atoms with van der Waals surface area (Å²) in [6.07, 6.45) is 1.50. The summed E-state index contributed by atoms with van der Waals surface area (Å²) in [5, 5.41) is 4.06. The van der Waals surface area contributed by atoms with Crippen LogP contribution in [0.15, 0.2) is 80.9 Å². The number of aromatic amines is 1. The lowest BCUT2D eigenvalue weighted by atomic mass is 10.2. The van der Waals surface area contributed by atoms with Crippen molar-refractivity contribution >= 4 is 34.6 Å². The summed E-state index contributed by atoms with van der Waals surface area (Å²) in [5.41, 5.74) is -0.959. The Kier molecular flexibility index (Phi) is 7.11. The second kappa shape index (κ2) is 9.75. The maximum absolute atomic E-state index is 12.4. The molecule has 0 spiro atoms. The molecule has 9 heteroatoms. The third kappa shape index (κ3) is 4.63. The normalized spacial score (nSPS) is 19.4. The Hall–Kier alpha value is -2.30. The van der Waals surface area contributed by atoms with Crippen LogP contribution < -0.4 is 21.6 Å². The lowest BCUT2D eigenvalue weighted by Crippen LogP contribution is -2.67. The van der Waals surface area contributed by atoms with E-state index in [4.69, 9.17) is 9.26 Å². The van der Waals surface area contributed by atoms with Crippen LogP contribution in [0.4, 0.5) is 0 Å². The highest BCUT2D eigenvalue weighted by Crippen LogP contribution is 2.38. The maximum Gasteiger partial charge on any atom is 0.330 e. The van der Waals surface area contributed by atoms with Gasteiger partial charge in [0.25, 0.3) is 13.9 Å². The van der Waals surface area contributed by atoms with Crippen molar-refractivity contribution in [3.05, 3.63) is 92.2 Å². The molecular formula is C25H30BrN3O4Si. The standard InChI is InChI=1S/C25H30BrN3O4Si/c1-25(2,3)34(19-11-7-5-8-12-19,20-13-9-6-10-14-20)32-17-18-15-22(33-28(18)4)29-16-21(26)23(30)27-24(29)31/h5-14,16,18,22H,15,17H2,1-4H3,(H,27,30,31)/t18-,22-/m1/s1. The average molecular weight is 545 g/mol. The van der Waals surface area contributed by atoms with Gasteiger partial charge in [-0.1, -0.05) is 81.4 Å². The fourth-order valence-corrected chi connectivity index (χ4v) is 9.61. The molecule has 0 amide bonds. The van der Waals surface area contributed by atoms with E-state index >= 15 is 0 Å². The molecule has 1 N–H and O–H groups in total. The summed E-state index contributed by atoms with van der Waals surface area (Å²) >= 11 is 3.20. The van der Waals surface area contributed by atoms with Gasteiger partial charge in [0.05, 0.1) is 17.1 Å². The van der Waals surface area contributed by atoms with Gasteiger partial charge in [-0.3, -0.25) is 19.2 Å². The zero-order valence-electron chi connectivity index (χ0n) is 19.8. The first-order chi connectivity index (χ1) is 16.1. The number of halogens is 1. The Morgan fingerprint density at radius 1 is 1.06 bits per heavy atom. The first-order valence-corrected chi connectivity index (χ1v) is 14.0. The first-order valence-electron chi connectivity index (χ1n) is 11.3. The van der Waals surface area contributed by atoms with E-state index in [0.717, 1.165) is 0 Å². The van der Waals surface area contributed by atoms with Gasteiger partial charge >= 0.3 is 5.69 Å². The van der Waals surface area contributed by atoms with Crippen molar-refractivity contribution in [2.45, 2.75) is 44.5 Å². The van der Waals surface area contributed by atoms with E-state index in [2.05, 4.69) is 90.2 Å². The van der Waals surface area contributed by atoms with Crippen molar-refractivity contribution in [3.8, 4) is 0 Å². The van der Waals surface area contributed by atoms with Gasteiger partial charge in [-0.25, -0.2) is 4.79 Å². The lowest BCUT2D eigenvalue weighted by Gasteiger charge is -2.43. The highest BCUT2D eigenvalue weighted by atomic mass is 79.9. The Morgan fingerprint density at radius 3 is 2.15 bits per heavy atom. The molecule has 1 aliphatic rings. The molecule has 4 rings (SSSR count). The number of H-pyrrole nitrogens is 1. The van der Waals surface area contributed by atoms with Crippen molar-refractivity contribution in [2.75, 3.05) is 13.7 Å². The second-order valence-corrected chi connectivity index (χ2v) is 14.8. The molecule has 1 aliphatic heterocycles. The smallest absolute Gasteiger partial charge is 0.330 e. The van der Waals surface area contributed by atoms with Crippen LogP contribution in [0.2, 0.25) is 5.04 Å². The average Bonchev–Trinajstić information content (AvgIpc) is 3.17. The third-order valence-corrected chi connectivity index (χ3v) is 12.0. The predicted molar refractivity (Wildman–Crippen MR) is 139 cm³/mol. The summed E-state index contributed by atoms with van der Waals surface area (Å²) in [6, 6.07) is 20.9. The number of nitrogens with one attached hydrogen (secondary N) is 1. The van der Waals surface area contributed by atoms with Crippen LogP contribution >= 0.6 is 15.9 Å². The SMILES string of the molecule is CN1O[C@@H](n2cc(Br)c(=O)[nH]c2=O)C[C@@H]1CO[Si](c1ccccc1)(c1ccccc1)C(C)(C)C. The Balaban J connectivity index is 1.66. The zero-order valence-corrected chi connectivity index (χ0v) is 22.4. The lowest BCUT2D eigenvalue weighted by molar-refractivity contribution is -0.169. The Bertz CT molecular complexity index is 1200. The molecule has 2 atom stereocenters. The van der Waals surface area contributed by atoms with Crippen LogP contribution in [0.3, 0.4) is 0 Å². The molecule has 1 saturated heterocycles. The van der Waals surface area contributed by atoms with Gasteiger partial charge < -0.3 is 4.43 Å². The third-order valence-electron chi connectivity index (χ3n) is 6.42. The van der Waals surface area contributed by atoms with Gasteiger partial charge in [-0.05, 0) is 31.3 Å². The molecule has 180 valence electrons. The van der Waals surface area contributed by atoms with Gasteiger partial charge in [0.15, 0.2) is 6.23 Å². The largest absolute Gasteiger partial charge is 0.406 e. The number of hydroxylamine groups is 2. The maximum atomic E-state index is 12.4. The molecule has 2 aromatic carbocycles. The van der Waals surface area contributed by atoms with Gasteiger partial charge in [0.1, 0.15) is 0 Å². The van der Waals surface area contributed by atoms with Crippen LogP contribution in [0.5, 0.6) is 0 Å². The molecule has 1 aromatic heterocycles. The number of likely N-dealkylation sites (N-methyl/N-ethyl adjacent to an activating group) is 1. The molecular weight excluding hydrogens is 514 g/mol. The molecule has 0 radical (unpaired) electrons. The first kappa shape index (κ1) is 24.8. The van der Waals surface area contributed by atoms with E-state index in [0.29, 0.717) is 13.0 Å². The molecule has 7 nitrogen and oxygen atoms in total. The van der Waals surface area contributed by atoms with Gasteiger partial charge in [0, 0.05) is 19.7 Å². The molecule has 1 fully saturated rings. The summed E-state index contributed by atoms with van der Waals surface area (Å²) in [4.78, 5) is 32.4. The number of hydrogen-bond acceptors (Lipinski definition) is 5. The topological polar surface area (TPSA) is 76.6 Å². The van der Waals surface area contributed by atoms with E-state index < -0.39 is 25.8 Å². The van der Waals surface area contributed by atoms with Crippen molar-refractivity contribution < 1.29 is 9.26 Å². The van der Waals surface area contributed by atoms with Gasteiger partial charge in [-0.15, -0.1) is 0 Å². The number of nitrogens with zero attached hydrogens (tertiary/aromatic N) is 2. The van der Waals surface area contributed by atoms with Crippen LogP contribution in [-0.4, -0.2) is 42.6 Å². The molecule has 0 bridgehead atoms. The molecule has 0 saturated carbocycles. The number of hydrogen-bond donors (Lipinski definition) is 1. The predicted octanol–water partition coefficient (Wildman–Crippen LogP) is 3.01. The van der Waals surface area contributed by atoms with E-state index in [1.54, 1.807) is 5.06 Å². The van der Waals surface area contributed by atoms with Crippen molar-refractivity contribution in [1.82, 2.24) is 14.6 Å². The number of aromatic nitrogens is 2. The highest BCUT2D eigenvalue weighted by molar-refractivity contribution is 9.10. The summed E-state index contributed by atoms with van der Waals surface area (Å²) < 4.78 is 8.73. The van der Waals surface area contributed by atoms with Crippen LogP contribution in [-0.2, 0) is 9.26 Å². The number of rotatable bonds is 6. The fraction of sp³-hybridized carbons (Fsp3) is 0.360. The molecule has 34 heavy (non-hydrogen) atoms. The van der Waals surface area contributed by atoms with E-state index in [1.807, 2.05) is 19.2 Å².